The van der Waals surface area contributed by atoms with Crippen LogP contribution in [0.4, 0.5) is 17.6 Å². The van der Waals surface area contributed by atoms with Gasteiger partial charge in [-0.2, -0.15) is 17.6 Å². The molecule has 0 bridgehead atoms. The number of aliphatic hydroxyl groups is 1. The Morgan fingerprint density at radius 2 is 2.00 bits per heavy atom. The summed E-state index contributed by atoms with van der Waals surface area (Å²) in [6, 6.07) is 5.16. The molecule has 0 radical (unpaired) electrons. The Balaban J connectivity index is 2.82. The second-order valence-electron chi connectivity index (χ2n) is 3.84. The van der Waals surface area contributed by atoms with Crippen molar-refractivity contribution in [3.8, 4) is 5.75 Å². The van der Waals surface area contributed by atoms with Gasteiger partial charge in [-0.1, -0.05) is 25.5 Å². The summed E-state index contributed by atoms with van der Waals surface area (Å²) in [4.78, 5) is 0. The van der Waals surface area contributed by atoms with Crippen LogP contribution in [0.25, 0.3) is 0 Å². The Kier molecular flexibility index (Phi) is 4.95. The molecule has 0 saturated heterocycles. The van der Waals surface area contributed by atoms with Crippen LogP contribution in [0, 0.1) is 0 Å². The van der Waals surface area contributed by atoms with Crippen LogP contribution in [-0.2, 0) is 0 Å². The summed E-state index contributed by atoms with van der Waals surface area (Å²) in [7, 11) is 0. The first-order chi connectivity index (χ1) is 8.36. The molecule has 1 rings (SSSR count). The number of halogens is 4. The molecule has 1 atom stereocenters. The van der Waals surface area contributed by atoms with Gasteiger partial charge in [-0.25, -0.2) is 0 Å². The lowest BCUT2D eigenvalue weighted by atomic mass is 10.1. The van der Waals surface area contributed by atoms with Crippen molar-refractivity contribution in [3.05, 3.63) is 29.8 Å². The SMILES string of the molecule is CCC[C@@H](O)c1cccc(OC(F)(F)C(F)F)c1. The first kappa shape index (κ1) is 14.8. The Morgan fingerprint density at radius 1 is 1.33 bits per heavy atom. The molecule has 2 nitrogen and oxygen atoms in total. The second-order valence-corrected chi connectivity index (χ2v) is 3.84. The molecule has 0 spiro atoms. The number of aliphatic hydroxyl groups excluding tert-OH is 1. The van der Waals surface area contributed by atoms with Crippen molar-refractivity contribution in [2.24, 2.45) is 0 Å². The number of hydrogen-bond acceptors (Lipinski definition) is 2. The molecule has 0 aliphatic heterocycles. The number of alkyl halides is 4. The van der Waals surface area contributed by atoms with Crippen LogP contribution in [0.2, 0.25) is 0 Å². The zero-order valence-corrected chi connectivity index (χ0v) is 9.75. The van der Waals surface area contributed by atoms with Crippen LogP contribution in [0.5, 0.6) is 5.75 Å². The fourth-order valence-corrected chi connectivity index (χ4v) is 1.43. The number of benzene rings is 1. The number of hydrogen-bond donors (Lipinski definition) is 1. The van der Waals surface area contributed by atoms with E-state index in [1.54, 1.807) is 0 Å². The third-order valence-corrected chi connectivity index (χ3v) is 2.31. The predicted molar refractivity (Wildman–Crippen MR) is 57.9 cm³/mol. The lowest BCUT2D eigenvalue weighted by Crippen LogP contribution is -2.33. The van der Waals surface area contributed by atoms with E-state index in [2.05, 4.69) is 4.74 Å². The quantitative estimate of drug-likeness (QED) is 0.794. The van der Waals surface area contributed by atoms with E-state index in [-0.39, 0.29) is 0 Å². The largest absolute Gasteiger partial charge is 0.461 e. The maximum atomic E-state index is 12.7. The highest BCUT2D eigenvalue weighted by atomic mass is 19.3. The van der Waals surface area contributed by atoms with Crippen molar-refractivity contribution in [1.29, 1.82) is 0 Å². The molecular formula is C12H14F4O2. The Morgan fingerprint density at radius 3 is 2.56 bits per heavy atom. The van der Waals surface area contributed by atoms with E-state index < -0.39 is 24.4 Å². The molecule has 0 amide bonds. The maximum Gasteiger partial charge on any atom is 0.461 e. The summed E-state index contributed by atoms with van der Waals surface area (Å²) >= 11 is 0. The van der Waals surface area contributed by atoms with E-state index in [1.165, 1.54) is 12.1 Å². The van der Waals surface area contributed by atoms with Gasteiger partial charge in [0.2, 0.25) is 0 Å². The van der Waals surface area contributed by atoms with Gasteiger partial charge >= 0.3 is 12.5 Å². The van der Waals surface area contributed by atoms with Gasteiger partial charge in [0, 0.05) is 0 Å². The molecule has 0 aromatic heterocycles. The highest BCUT2D eigenvalue weighted by Gasteiger charge is 2.43. The van der Waals surface area contributed by atoms with E-state index in [0.717, 1.165) is 12.1 Å². The fraction of sp³-hybridized carbons (Fsp3) is 0.500. The smallest absolute Gasteiger partial charge is 0.428 e. The van der Waals surface area contributed by atoms with E-state index in [4.69, 9.17) is 0 Å². The molecule has 1 aromatic carbocycles. The van der Waals surface area contributed by atoms with Crippen LogP contribution in [0.1, 0.15) is 31.4 Å². The minimum absolute atomic E-state index is 0.361. The van der Waals surface area contributed by atoms with Crippen molar-refractivity contribution < 1.29 is 27.4 Å². The van der Waals surface area contributed by atoms with Crippen molar-refractivity contribution in [1.82, 2.24) is 0 Å². The lowest BCUT2D eigenvalue weighted by Gasteiger charge is -2.18. The number of rotatable bonds is 6. The topological polar surface area (TPSA) is 29.5 Å². The third kappa shape index (κ3) is 3.87. The van der Waals surface area contributed by atoms with Gasteiger partial charge in [-0.15, -0.1) is 0 Å². The summed E-state index contributed by atoms with van der Waals surface area (Å²) in [6.45, 7) is 1.86. The van der Waals surface area contributed by atoms with E-state index in [0.29, 0.717) is 18.4 Å². The average Bonchev–Trinajstić information content (AvgIpc) is 2.29. The molecule has 6 heteroatoms. The summed E-state index contributed by atoms with van der Waals surface area (Å²) in [5.41, 5.74) is 0.361. The zero-order chi connectivity index (χ0) is 13.8. The molecule has 0 saturated carbocycles. The van der Waals surface area contributed by atoms with Crippen molar-refractivity contribution >= 4 is 0 Å². The summed E-state index contributed by atoms with van der Waals surface area (Å²) < 4.78 is 53.2. The van der Waals surface area contributed by atoms with E-state index in [1.807, 2.05) is 6.92 Å². The summed E-state index contributed by atoms with van der Waals surface area (Å²) in [6.07, 6.45) is -8.09. The normalized spacial score (nSPS) is 13.7. The second kappa shape index (κ2) is 6.04. The fourth-order valence-electron chi connectivity index (χ4n) is 1.43. The molecule has 0 aliphatic rings. The van der Waals surface area contributed by atoms with Crippen LogP contribution in [-0.4, -0.2) is 17.6 Å². The average molecular weight is 266 g/mol. The van der Waals surface area contributed by atoms with Crippen LogP contribution in [0.3, 0.4) is 0 Å². The van der Waals surface area contributed by atoms with Gasteiger partial charge in [-0.3, -0.25) is 0 Å². The molecule has 1 N–H and O–H groups in total. The molecular weight excluding hydrogens is 252 g/mol. The molecule has 18 heavy (non-hydrogen) atoms. The Hall–Kier alpha value is -1.30. The highest BCUT2D eigenvalue weighted by molar-refractivity contribution is 5.30. The monoisotopic (exact) mass is 266 g/mol. The van der Waals surface area contributed by atoms with Gasteiger partial charge < -0.3 is 9.84 Å². The molecule has 0 fully saturated rings. The Labute approximate surface area is 102 Å². The zero-order valence-electron chi connectivity index (χ0n) is 9.75. The molecule has 0 aliphatic carbocycles. The predicted octanol–water partition coefficient (Wildman–Crippen LogP) is 3.76. The standard InChI is InChI=1S/C12H14F4O2/c1-2-4-10(17)8-5-3-6-9(7-8)18-12(15,16)11(13)14/h3,5-7,10-11,17H,2,4H2,1H3/t10-/m1/s1. The van der Waals surface area contributed by atoms with Gasteiger partial charge in [-0.05, 0) is 24.1 Å². The van der Waals surface area contributed by atoms with Crippen LogP contribution >= 0.6 is 0 Å². The van der Waals surface area contributed by atoms with Gasteiger partial charge in [0.15, 0.2) is 0 Å². The van der Waals surface area contributed by atoms with Gasteiger partial charge in [0.05, 0.1) is 6.10 Å². The lowest BCUT2D eigenvalue weighted by molar-refractivity contribution is -0.253. The first-order valence-electron chi connectivity index (χ1n) is 5.49. The molecule has 0 heterocycles. The minimum atomic E-state index is -4.53. The Bertz CT molecular complexity index is 382. The van der Waals surface area contributed by atoms with E-state index in [9.17, 15) is 22.7 Å². The third-order valence-electron chi connectivity index (χ3n) is 2.31. The van der Waals surface area contributed by atoms with Gasteiger partial charge in [0.25, 0.3) is 0 Å². The molecule has 1 aromatic rings. The molecule has 0 unspecified atom stereocenters. The molecule has 102 valence electrons. The summed E-state index contributed by atoms with van der Waals surface area (Å²) in [5.74, 6) is -0.395. The van der Waals surface area contributed by atoms with Crippen molar-refractivity contribution in [3.63, 3.8) is 0 Å². The minimum Gasteiger partial charge on any atom is -0.428 e. The van der Waals surface area contributed by atoms with Crippen molar-refractivity contribution in [2.45, 2.75) is 38.4 Å². The summed E-state index contributed by atoms with van der Waals surface area (Å²) in [5, 5.41) is 9.66. The van der Waals surface area contributed by atoms with Gasteiger partial charge in [0.1, 0.15) is 5.75 Å². The number of ether oxygens (including phenoxy) is 1. The van der Waals surface area contributed by atoms with Crippen LogP contribution < -0.4 is 4.74 Å². The first-order valence-corrected chi connectivity index (χ1v) is 5.49. The van der Waals surface area contributed by atoms with Crippen LogP contribution in [0.15, 0.2) is 24.3 Å². The maximum absolute atomic E-state index is 12.7. The van der Waals surface area contributed by atoms with E-state index >= 15 is 0 Å². The highest BCUT2D eigenvalue weighted by Crippen LogP contribution is 2.29. The van der Waals surface area contributed by atoms with Crippen molar-refractivity contribution in [2.75, 3.05) is 0 Å².